The molecule has 136 valence electrons. The molecule has 1 aliphatic heterocycles. The molecular weight excluding hydrogens is 324 g/mol. The first-order valence-electron chi connectivity index (χ1n) is 8.85. The Morgan fingerprint density at radius 3 is 2.46 bits per heavy atom. The van der Waals surface area contributed by atoms with E-state index in [-0.39, 0.29) is 24.4 Å². The van der Waals surface area contributed by atoms with Crippen LogP contribution in [0.15, 0.2) is 24.3 Å². The fraction of sp³-hybridized carbons (Fsp3) is 0.632. The molecule has 0 spiro atoms. The van der Waals surface area contributed by atoms with Gasteiger partial charge in [-0.2, -0.15) is 0 Å². The van der Waals surface area contributed by atoms with Gasteiger partial charge in [-0.3, -0.25) is 4.79 Å². The van der Waals surface area contributed by atoms with E-state index in [0.717, 1.165) is 30.9 Å². The third kappa shape index (κ3) is 6.70. The SMILES string of the molecule is CCC(C)Oc1ccc(NC(=O)CC(C)C2CCNCC2)cc1.Cl. The molecule has 0 aromatic heterocycles. The van der Waals surface area contributed by atoms with Crippen molar-refractivity contribution in [3.05, 3.63) is 24.3 Å². The molecule has 1 aromatic rings. The number of carbonyl (C=O) groups is 1. The minimum Gasteiger partial charge on any atom is -0.491 e. The number of halogens is 1. The molecule has 24 heavy (non-hydrogen) atoms. The van der Waals surface area contributed by atoms with Crippen molar-refractivity contribution in [2.45, 2.75) is 52.6 Å². The molecule has 5 heteroatoms. The van der Waals surface area contributed by atoms with Crippen molar-refractivity contribution in [1.82, 2.24) is 5.32 Å². The lowest BCUT2D eigenvalue weighted by Crippen LogP contribution is -2.32. The molecule has 0 saturated carbocycles. The number of nitrogens with one attached hydrogen (secondary N) is 2. The fourth-order valence-corrected chi connectivity index (χ4v) is 3.02. The third-order valence-electron chi connectivity index (χ3n) is 4.75. The standard InChI is InChI=1S/C19H30N2O2.ClH/c1-4-15(3)23-18-7-5-17(6-8-18)21-19(22)13-14(2)16-9-11-20-12-10-16;/h5-8,14-16,20H,4,9-13H2,1-3H3,(H,21,22);1H. The van der Waals surface area contributed by atoms with Gasteiger partial charge in [0.2, 0.25) is 5.91 Å². The van der Waals surface area contributed by atoms with Crippen molar-refractivity contribution in [1.29, 1.82) is 0 Å². The largest absolute Gasteiger partial charge is 0.491 e. The van der Waals surface area contributed by atoms with E-state index < -0.39 is 0 Å². The maximum atomic E-state index is 12.2. The zero-order valence-electron chi connectivity index (χ0n) is 15.0. The molecule has 2 rings (SSSR count). The summed E-state index contributed by atoms with van der Waals surface area (Å²) < 4.78 is 5.75. The van der Waals surface area contributed by atoms with E-state index in [4.69, 9.17) is 4.74 Å². The number of rotatable bonds is 7. The maximum Gasteiger partial charge on any atom is 0.224 e. The van der Waals surface area contributed by atoms with Gasteiger partial charge in [0.15, 0.2) is 0 Å². The van der Waals surface area contributed by atoms with Gasteiger partial charge in [0.05, 0.1) is 6.10 Å². The predicted molar refractivity (Wildman–Crippen MR) is 102 cm³/mol. The number of benzene rings is 1. The van der Waals surface area contributed by atoms with Gasteiger partial charge in [-0.1, -0.05) is 13.8 Å². The molecule has 1 aliphatic rings. The topological polar surface area (TPSA) is 50.4 Å². The van der Waals surface area contributed by atoms with Gasteiger partial charge in [-0.05, 0) is 75.4 Å². The molecule has 1 saturated heterocycles. The van der Waals surface area contributed by atoms with E-state index in [2.05, 4.69) is 31.4 Å². The number of anilines is 1. The Morgan fingerprint density at radius 1 is 1.25 bits per heavy atom. The number of hydrogen-bond donors (Lipinski definition) is 2. The average Bonchev–Trinajstić information content (AvgIpc) is 2.57. The summed E-state index contributed by atoms with van der Waals surface area (Å²) in [6.07, 6.45) is 4.14. The number of piperidine rings is 1. The summed E-state index contributed by atoms with van der Waals surface area (Å²) in [4.78, 5) is 12.2. The Bertz CT molecular complexity index is 487. The van der Waals surface area contributed by atoms with E-state index >= 15 is 0 Å². The summed E-state index contributed by atoms with van der Waals surface area (Å²) in [7, 11) is 0. The first-order valence-corrected chi connectivity index (χ1v) is 8.85. The van der Waals surface area contributed by atoms with Crippen LogP contribution >= 0.6 is 12.4 Å². The lowest BCUT2D eigenvalue weighted by atomic mass is 9.84. The van der Waals surface area contributed by atoms with Gasteiger partial charge >= 0.3 is 0 Å². The van der Waals surface area contributed by atoms with Crippen LogP contribution in [0.4, 0.5) is 5.69 Å². The van der Waals surface area contributed by atoms with Crippen LogP contribution < -0.4 is 15.4 Å². The van der Waals surface area contributed by atoms with E-state index in [1.54, 1.807) is 0 Å². The summed E-state index contributed by atoms with van der Waals surface area (Å²) in [5, 5.41) is 6.37. The maximum absolute atomic E-state index is 12.2. The molecule has 1 aromatic carbocycles. The van der Waals surface area contributed by atoms with E-state index in [1.165, 1.54) is 12.8 Å². The minimum absolute atomic E-state index is 0. The molecule has 4 nitrogen and oxygen atoms in total. The van der Waals surface area contributed by atoms with Crippen molar-refractivity contribution in [2.75, 3.05) is 18.4 Å². The first-order chi connectivity index (χ1) is 11.1. The quantitative estimate of drug-likeness (QED) is 0.769. The fourth-order valence-electron chi connectivity index (χ4n) is 3.02. The summed E-state index contributed by atoms with van der Waals surface area (Å²) in [5.74, 6) is 2.05. The average molecular weight is 355 g/mol. The highest BCUT2D eigenvalue weighted by atomic mass is 35.5. The Balaban J connectivity index is 0.00000288. The normalized spacial score (nSPS) is 17.5. The van der Waals surface area contributed by atoms with Crippen LogP contribution in [0.5, 0.6) is 5.75 Å². The smallest absolute Gasteiger partial charge is 0.224 e. The number of ether oxygens (including phenoxy) is 1. The van der Waals surface area contributed by atoms with Crippen molar-refractivity contribution in [3.63, 3.8) is 0 Å². The van der Waals surface area contributed by atoms with Gasteiger partial charge < -0.3 is 15.4 Å². The molecule has 2 N–H and O–H groups in total. The zero-order valence-corrected chi connectivity index (χ0v) is 15.8. The number of amides is 1. The molecule has 0 aliphatic carbocycles. The van der Waals surface area contributed by atoms with Crippen LogP contribution in [-0.2, 0) is 4.79 Å². The van der Waals surface area contributed by atoms with Crippen molar-refractivity contribution < 1.29 is 9.53 Å². The van der Waals surface area contributed by atoms with Crippen LogP contribution in [-0.4, -0.2) is 25.1 Å². The highest BCUT2D eigenvalue weighted by Gasteiger charge is 2.22. The van der Waals surface area contributed by atoms with Crippen molar-refractivity contribution in [2.24, 2.45) is 11.8 Å². The molecule has 2 atom stereocenters. The van der Waals surface area contributed by atoms with Crippen molar-refractivity contribution >= 4 is 24.0 Å². The van der Waals surface area contributed by atoms with Gasteiger partial charge in [-0.15, -0.1) is 12.4 Å². The third-order valence-corrected chi connectivity index (χ3v) is 4.75. The predicted octanol–water partition coefficient (Wildman–Crippen LogP) is 4.25. The lowest BCUT2D eigenvalue weighted by molar-refractivity contribution is -0.117. The summed E-state index contributed by atoms with van der Waals surface area (Å²) >= 11 is 0. The molecule has 1 fully saturated rings. The Morgan fingerprint density at radius 2 is 1.88 bits per heavy atom. The Kier molecular flexibility index (Phi) is 9.16. The summed E-state index contributed by atoms with van der Waals surface area (Å²) in [6, 6.07) is 7.64. The molecule has 1 heterocycles. The molecule has 0 radical (unpaired) electrons. The van der Waals surface area contributed by atoms with Gasteiger partial charge in [0.25, 0.3) is 0 Å². The van der Waals surface area contributed by atoms with Crippen LogP contribution in [0.3, 0.4) is 0 Å². The lowest BCUT2D eigenvalue weighted by Gasteiger charge is -2.27. The number of carbonyl (C=O) groups excluding carboxylic acids is 1. The van der Waals surface area contributed by atoms with Crippen LogP contribution in [0.1, 0.15) is 46.5 Å². The summed E-state index contributed by atoms with van der Waals surface area (Å²) in [6.45, 7) is 8.50. The second-order valence-electron chi connectivity index (χ2n) is 6.68. The van der Waals surface area contributed by atoms with Gasteiger partial charge in [0, 0.05) is 12.1 Å². The van der Waals surface area contributed by atoms with E-state index in [0.29, 0.717) is 18.3 Å². The van der Waals surface area contributed by atoms with E-state index in [9.17, 15) is 4.79 Å². The molecule has 1 amide bonds. The van der Waals surface area contributed by atoms with Crippen LogP contribution in [0, 0.1) is 11.8 Å². The second kappa shape index (κ2) is 10.6. The Labute approximate surface area is 152 Å². The molecule has 0 bridgehead atoms. The van der Waals surface area contributed by atoms with Crippen molar-refractivity contribution in [3.8, 4) is 5.75 Å². The summed E-state index contributed by atoms with van der Waals surface area (Å²) in [5.41, 5.74) is 0.837. The minimum atomic E-state index is 0. The highest BCUT2D eigenvalue weighted by Crippen LogP contribution is 2.25. The Hall–Kier alpha value is -1.26. The highest BCUT2D eigenvalue weighted by molar-refractivity contribution is 5.90. The molecule has 2 unspecified atom stereocenters. The van der Waals surface area contributed by atoms with Crippen LogP contribution in [0.2, 0.25) is 0 Å². The molecular formula is C19H31ClN2O2. The number of hydrogen-bond acceptors (Lipinski definition) is 3. The zero-order chi connectivity index (χ0) is 16.7. The van der Waals surface area contributed by atoms with E-state index in [1.807, 2.05) is 24.3 Å². The monoisotopic (exact) mass is 354 g/mol. The second-order valence-corrected chi connectivity index (χ2v) is 6.68. The first kappa shape index (κ1) is 20.8. The van der Waals surface area contributed by atoms with Gasteiger partial charge in [-0.25, -0.2) is 0 Å². The van der Waals surface area contributed by atoms with Gasteiger partial charge in [0.1, 0.15) is 5.75 Å². The van der Waals surface area contributed by atoms with Crippen LogP contribution in [0.25, 0.3) is 0 Å².